The maximum absolute atomic E-state index is 5.38. The van der Waals surface area contributed by atoms with Crippen molar-refractivity contribution in [3.05, 3.63) is 28.0 Å². The Hall–Kier alpha value is -1.77. The zero-order valence-corrected chi connectivity index (χ0v) is 11.6. The van der Waals surface area contributed by atoms with Gasteiger partial charge >= 0.3 is 0 Å². The molecule has 0 atom stereocenters. The van der Waals surface area contributed by atoms with E-state index in [-0.39, 0.29) is 0 Å². The lowest BCUT2D eigenvalue weighted by atomic mass is 10.4. The first-order chi connectivity index (χ1) is 9.21. The summed E-state index contributed by atoms with van der Waals surface area (Å²) in [5.41, 5.74) is 3.53. The van der Waals surface area contributed by atoms with E-state index in [1.165, 1.54) is 0 Å². The average Bonchev–Trinajstić information content (AvgIpc) is 2.82. The molecule has 2 aromatic heterocycles. The number of hydrogen-bond donors (Lipinski definition) is 3. The summed E-state index contributed by atoms with van der Waals surface area (Å²) >= 11 is 1.61. The van der Waals surface area contributed by atoms with Gasteiger partial charge in [-0.25, -0.2) is 20.8 Å². The van der Waals surface area contributed by atoms with Gasteiger partial charge in [-0.15, -0.1) is 11.3 Å². The van der Waals surface area contributed by atoms with E-state index in [0.717, 1.165) is 10.7 Å². The maximum atomic E-state index is 5.38. The summed E-state index contributed by atoms with van der Waals surface area (Å²) in [6, 6.07) is 1.74. The number of nitrogens with one attached hydrogen (secondary N) is 2. The minimum absolute atomic E-state index is 0.334. The van der Waals surface area contributed by atoms with Gasteiger partial charge in [0.15, 0.2) is 5.82 Å². The number of methoxy groups -OCH3 is 1. The van der Waals surface area contributed by atoms with E-state index in [4.69, 9.17) is 10.6 Å². The van der Waals surface area contributed by atoms with Crippen LogP contribution in [0.5, 0.6) is 0 Å². The molecule has 7 nitrogen and oxygen atoms in total. The molecular formula is C11H16N6OS. The molecule has 0 aliphatic heterocycles. The molecule has 19 heavy (non-hydrogen) atoms. The van der Waals surface area contributed by atoms with Crippen molar-refractivity contribution in [2.24, 2.45) is 5.84 Å². The lowest BCUT2D eigenvalue weighted by molar-refractivity contribution is 0.178. The van der Waals surface area contributed by atoms with Gasteiger partial charge in [0.25, 0.3) is 0 Å². The number of aryl methyl sites for hydroxylation is 1. The van der Waals surface area contributed by atoms with Crippen LogP contribution in [0.1, 0.15) is 16.5 Å². The summed E-state index contributed by atoms with van der Waals surface area (Å²) < 4.78 is 5.02. The van der Waals surface area contributed by atoms with Gasteiger partial charge in [-0.05, 0) is 6.92 Å². The Balaban J connectivity index is 2.08. The summed E-state index contributed by atoms with van der Waals surface area (Å²) in [6.45, 7) is 2.92. The highest BCUT2D eigenvalue weighted by atomic mass is 32.1. The molecular weight excluding hydrogens is 264 g/mol. The number of thiazole rings is 1. The fourth-order valence-corrected chi connectivity index (χ4v) is 2.22. The van der Waals surface area contributed by atoms with Crippen molar-refractivity contribution >= 4 is 23.0 Å². The van der Waals surface area contributed by atoms with Crippen molar-refractivity contribution in [2.75, 3.05) is 17.9 Å². The van der Waals surface area contributed by atoms with Crippen LogP contribution in [0, 0.1) is 6.92 Å². The SMILES string of the molecule is COCc1nc(NN)cc(NCc2nc(C)cs2)n1. The van der Waals surface area contributed by atoms with Crippen LogP contribution in [0.4, 0.5) is 11.6 Å². The van der Waals surface area contributed by atoms with E-state index in [1.807, 2.05) is 12.3 Å². The highest BCUT2D eigenvalue weighted by molar-refractivity contribution is 7.09. The maximum Gasteiger partial charge on any atom is 0.158 e. The van der Waals surface area contributed by atoms with Crippen molar-refractivity contribution in [3.63, 3.8) is 0 Å². The van der Waals surface area contributed by atoms with Crippen molar-refractivity contribution in [1.29, 1.82) is 0 Å². The first-order valence-electron chi connectivity index (χ1n) is 5.69. The van der Waals surface area contributed by atoms with Crippen LogP contribution < -0.4 is 16.6 Å². The molecule has 0 fully saturated rings. The Bertz CT molecular complexity index is 544. The Morgan fingerprint density at radius 1 is 1.32 bits per heavy atom. The Kier molecular flexibility index (Phi) is 4.61. The lowest BCUT2D eigenvalue weighted by Gasteiger charge is -2.08. The van der Waals surface area contributed by atoms with Gasteiger partial charge in [0, 0.05) is 24.3 Å². The summed E-state index contributed by atoms with van der Waals surface area (Å²) in [5, 5.41) is 6.21. The molecule has 2 aromatic rings. The molecule has 0 aliphatic carbocycles. The summed E-state index contributed by atoms with van der Waals surface area (Å²) in [6.07, 6.45) is 0. The molecule has 0 unspecified atom stereocenters. The van der Waals surface area contributed by atoms with Gasteiger partial charge in [0.05, 0.1) is 6.54 Å². The molecule has 2 heterocycles. The quantitative estimate of drug-likeness (QED) is 0.541. The van der Waals surface area contributed by atoms with Crippen molar-refractivity contribution in [2.45, 2.75) is 20.1 Å². The number of hydrazine groups is 1. The number of hydrogen-bond acceptors (Lipinski definition) is 8. The van der Waals surface area contributed by atoms with Crippen molar-refractivity contribution < 1.29 is 4.74 Å². The second-order valence-electron chi connectivity index (χ2n) is 3.87. The third-order valence-corrected chi connectivity index (χ3v) is 3.25. The molecule has 0 aromatic carbocycles. The molecule has 102 valence electrons. The van der Waals surface area contributed by atoms with Crippen LogP contribution in [0.25, 0.3) is 0 Å². The lowest BCUT2D eigenvalue weighted by Crippen LogP contribution is -2.12. The van der Waals surface area contributed by atoms with Crippen LogP contribution >= 0.6 is 11.3 Å². The number of aromatic nitrogens is 3. The molecule has 0 radical (unpaired) electrons. The zero-order valence-electron chi connectivity index (χ0n) is 10.8. The number of ether oxygens (including phenoxy) is 1. The molecule has 0 spiro atoms. The van der Waals surface area contributed by atoms with Crippen molar-refractivity contribution in [1.82, 2.24) is 15.0 Å². The summed E-state index contributed by atoms with van der Waals surface area (Å²) in [4.78, 5) is 12.9. The molecule has 8 heteroatoms. The topological polar surface area (TPSA) is 98.0 Å². The number of nitrogens with zero attached hydrogens (tertiary/aromatic N) is 3. The van der Waals surface area contributed by atoms with E-state index in [1.54, 1.807) is 24.5 Å². The molecule has 0 saturated carbocycles. The van der Waals surface area contributed by atoms with Crippen LogP contribution in [0.2, 0.25) is 0 Å². The predicted molar refractivity (Wildman–Crippen MR) is 74.7 cm³/mol. The van der Waals surface area contributed by atoms with E-state index < -0.39 is 0 Å². The van der Waals surface area contributed by atoms with Crippen LogP contribution in [0.3, 0.4) is 0 Å². The number of nitrogen functional groups attached to an aromatic ring is 1. The number of anilines is 2. The minimum Gasteiger partial charge on any atom is -0.377 e. The van der Waals surface area contributed by atoms with Gasteiger partial charge in [-0.3, -0.25) is 0 Å². The largest absolute Gasteiger partial charge is 0.377 e. The Morgan fingerprint density at radius 3 is 2.74 bits per heavy atom. The van der Waals surface area contributed by atoms with Gasteiger partial charge < -0.3 is 15.5 Å². The molecule has 0 saturated heterocycles. The van der Waals surface area contributed by atoms with Gasteiger partial charge in [0.2, 0.25) is 0 Å². The van der Waals surface area contributed by atoms with Crippen LogP contribution in [-0.4, -0.2) is 22.1 Å². The Morgan fingerprint density at radius 2 is 2.11 bits per heavy atom. The average molecular weight is 280 g/mol. The van der Waals surface area contributed by atoms with E-state index in [0.29, 0.717) is 30.6 Å². The van der Waals surface area contributed by atoms with Crippen molar-refractivity contribution in [3.8, 4) is 0 Å². The second kappa shape index (κ2) is 6.41. The summed E-state index contributed by atoms with van der Waals surface area (Å²) in [5.74, 6) is 7.17. The van der Waals surface area contributed by atoms with Crippen LogP contribution in [0.15, 0.2) is 11.4 Å². The standard InChI is InChI=1S/C11H16N6OS/c1-7-6-19-11(14-7)4-13-8-3-9(17-12)16-10(15-8)5-18-2/h3,6H,4-5,12H2,1-2H3,(H2,13,15,16,17). The van der Waals surface area contributed by atoms with Gasteiger partial charge in [0.1, 0.15) is 23.3 Å². The van der Waals surface area contributed by atoms with Crippen LogP contribution in [-0.2, 0) is 17.9 Å². The second-order valence-corrected chi connectivity index (χ2v) is 4.81. The monoisotopic (exact) mass is 280 g/mol. The first kappa shape index (κ1) is 13.7. The predicted octanol–water partition coefficient (Wildman–Crippen LogP) is 1.29. The van der Waals surface area contributed by atoms with E-state index in [2.05, 4.69) is 25.7 Å². The van der Waals surface area contributed by atoms with E-state index in [9.17, 15) is 0 Å². The number of rotatable bonds is 6. The van der Waals surface area contributed by atoms with Gasteiger partial charge in [-0.2, -0.15) is 0 Å². The highest BCUT2D eigenvalue weighted by Gasteiger charge is 2.05. The smallest absolute Gasteiger partial charge is 0.158 e. The minimum atomic E-state index is 0.334. The molecule has 2 rings (SSSR count). The molecule has 0 aliphatic rings. The molecule has 4 N–H and O–H groups in total. The highest BCUT2D eigenvalue weighted by Crippen LogP contribution is 2.14. The molecule has 0 bridgehead atoms. The summed E-state index contributed by atoms with van der Waals surface area (Å²) in [7, 11) is 1.59. The molecule has 0 amide bonds. The third-order valence-electron chi connectivity index (χ3n) is 2.28. The first-order valence-corrected chi connectivity index (χ1v) is 6.57. The van der Waals surface area contributed by atoms with E-state index >= 15 is 0 Å². The third kappa shape index (κ3) is 3.85. The fraction of sp³-hybridized carbons (Fsp3) is 0.364. The fourth-order valence-electron chi connectivity index (χ4n) is 1.51. The number of nitrogens with two attached hydrogens (primary N) is 1. The Labute approximate surface area is 115 Å². The van der Waals surface area contributed by atoms with Gasteiger partial charge in [-0.1, -0.05) is 0 Å². The normalized spacial score (nSPS) is 10.5. The zero-order chi connectivity index (χ0) is 13.7.